The average Bonchev–Trinajstić information content (AvgIpc) is 3.21. The average molecular weight is 388 g/mol. The van der Waals surface area contributed by atoms with Crippen LogP contribution >= 0.6 is 0 Å². The summed E-state index contributed by atoms with van der Waals surface area (Å²) in [6, 6.07) is 7.35. The van der Waals surface area contributed by atoms with Gasteiger partial charge in [-0.1, -0.05) is 5.16 Å². The molecule has 150 valence electrons. The number of amides is 2. The number of piperazine rings is 1. The van der Waals surface area contributed by atoms with Crippen LogP contribution in [0.2, 0.25) is 0 Å². The van der Waals surface area contributed by atoms with Gasteiger partial charge < -0.3 is 23.8 Å². The number of aryl methyl sites for hydroxylation is 1. The highest BCUT2D eigenvalue weighted by Crippen LogP contribution is 2.20. The Morgan fingerprint density at radius 2 is 1.79 bits per heavy atom. The molecule has 1 aromatic carbocycles. The second-order valence-corrected chi connectivity index (χ2v) is 6.31. The summed E-state index contributed by atoms with van der Waals surface area (Å²) in [5.41, 5.74) is 0.817. The van der Waals surface area contributed by atoms with Crippen LogP contribution in [0, 0.1) is 0 Å². The molecule has 9 heteroatoms. The first-order chi connectivity index (χ1) is 13.6. The van der Waals surface area contributed by atoms with Crippen LogP contribution < -0.4 is 4.74 Å². The molecule has 0 atom stereocenters. The number of carbonyl (C=O) groups excluding carboxylic acids is 2. The summed E-state index contributed by atoms with van der Waals surface area (Å²) < 4.78 is 15.4. The summed E-state index contributed by atoms with van der Waals surface area (Å²) in [5.74, 6) is 1.66. The summed E-state index contributed by atoms with van der Waals surface area (Å²) in [6.45, 7) is 4.08. The predicted octanol–water partition coefficient (Wildman–Crippen LogP) is 1.98. The highest BCUT2D eigenvalue weighted by Gasteiger charge is 2.25. The monoisotopic (exact) mass is 388 g/mol. The molecule has 3 rings (SSSR count). The third kappa shape index (κ3) is 4.79. The zero-order chi connectivity index (χ0) is 19.9. The van der Waals surface area contributed by atoms with Crippen LogP contribution in [0.5, 0.6) is 5.75 Å². The fourth-order valence-electron chi connectivity index (χ4n) is 2.94. The molecule has 0 spiro atoms. The number of benzene rings is 1. The van der Waals surface area contributed by atoms with E-state index < -0.39 is 0 Å². The van der Waals surface area contributed by atoms with Crippen LogP contribution in [0.3, 0.4) is 0 Å². The van der Waals surface area contributed by atoms with E-state index in [2.05, 4.69) is 10.1 Å². The molecule has 1 aromatic heterocycles. The molecule has 9 nitrogen and oxygen atoms in total. The fraction of sp³-hybridized carbons (Fsp3) is 0.474. The molecule has 1 saturated heterocycles. The van der Waals surface area contributed by atoms with Crippen molar-refractivity contribution in [3.05, 3.63) is 30.2 Å². The number of rotatable bonds is 6. The molecule has 0 radical (unpaired) electrons. The van der Waals surface area contributed by atoms with Crippen molar-refractivity contribution in [3.8, 4) is 17.1 Å². The van der Waals surface area contributed by atoms with Gasteiger partial charge in [0.25, 0.3) is 0 Å². The lowest BCUT2D eigenvalue weighted by molar-refractivity contribution is -0.132. The zero-order valence-electron chi connectivity index (χ0n) is 16.1. The van der Waals surface area contributed by atoms with Crippen LogP contribution in [-0.4, -0.2) is 71.8 Å². The van der Waals surface area contributed by atoms with Crippen molar-refractivity contribution in [1.29, 1.82) is 0 Å². The maximum atomic E-state index is 12.4. The van der Waals surface area contributed by atoms with E-state index in [0.29, 0.717) is 50.9 Å². The van der Waals surface area contributed by atoms with Crippen LogP contribution in [0.15, 0.2) is 28.8 Å². The largest absolute Gasteiger partial charge is 0.497 e. The fourth-order valence-corrected chi connectivity index (χ4v) is 2.94. The van der Waals surface area contributed by atoms with Gasteiger partial charge in [0.1, 0.15) is 5.75 Å². The minimum absolute atomic E-state index is 0.00714. The Kier molecular flexibility index (Phi) is 6.46. The standard InChI is InChI=1S/C19H24N4O5/c1-3-27-19(25)23-12-10-22(11-13-23)17(24)9-8-16-20-18(21-28-16)14-4-6-15(26-2)7-5-14/h4-7H,3,8-13H2,1-2H3. The van der Waals surface area contributed by atoms with E-state index in [1.54, 1.807) is 23.8 Å². The van der Waals surface area contributed by atoms with E-state index in [9.17, 15) is 9.59 Å². The van der Waals surface area contributed by atoms with E-state index in [1.807, 2.05) is 24.3 Å². The Hall–Kier alpha value is -3.10. The number of nitrogens with zero attached hydrogens (tertiary/aromatic N) is 4. The SMILES string of the molecule is CCOC(=O)N1CCN(C(=O)CCc2nc(-c3ccc(OC)cc3)no2)CC1. The third-order valence-electron chi connectivity index (χ3n) is 4.53. The Labute approximate surface area is 163 Å². The normalized spacial score (nSPS) is 14.1. The first kappa shape index (κ1) is 19.7. The molecule has 2 amide bonds. The summed E-state index contributed by atoms with van der Waals surface area (Å²) in [5, 5.41) is 3.97. The number of hydrogen-bond donors (Lipinski definition) is 0. The van der Waals surface area contributed by atoms with Gasteiger partial charge in [0.15, 0.2) is 0 Å². The Balaban J connectivity index is 1.47. The number of methoxy groups -OCH3 is 1. The van der Waals surface area contributed by atoms with Gasteiger partial charge in [0.2, 0.25) is 17.6 Å². The molecule has 28 heavy (non-hydrogen) atoms. The molecule has 1 aliphatic heterocycles. The lowest BCUT2D eigenvalue weighted by Crippen LogP contribution is -2.50. The third-order valence-corrected chi connectivity index (χ3v) is 4.53. The molecule has 0 saturated carbocycles. The predicted molar refractivity (Wildman–Crippen MR) is 99.8 cm³/mol. The van der Waals surface area contributed by atoms with Crippen molar-refractivity contribution in [3.63, 3.8) is 0 Å². The Morgan fingerprint density at radius 3 is 2.43 bits per heavy atom. The molecule has 0 unspecified atom stereocenters. The van der Waals surface area contributed by atoms with Crippen LogP contribution in [0.4, 0.5) is 4.79 Å². The van der Waals surface area contributed by atoms with E-state index in [1.165, 1.54) is 0 Å². The number of carbonyl (C=O) groups is 2. The molecular formula is C19H24N4O5. The van der Waals surface area contributed by atoms with Gasteiger partial charge in [-0.15, -0.1) is 0 Å². The second kappa shape index (κ2) is 9.20. The first-order valence-electron chi connectivity index (χ1n) is 9.27. The molecule has 2 heterocycles. The highest BCUT2D eigenvalue weighted by atomic mass is 16.6. The quantitative estimate of drug-likeness (QED) is 0.746. The lowest BCUT2D eigenvalue weighted by atomic mass is 10.2. The molecule has 1 fully saturated rings. The maximum Gasteiger partial charge on any atom is 0.409 e. The van der Waals surface area contributed by atoms with Crippen LogP contribution in [-0.2, 0) is 16.0 Å². The van der Waals surface area contributed by atoms with Gasteiger partial charge >= 0.3 is 6.09 Å². The van der Waals surface area contributed by atoms with Crippen molar-refractivity contribution in [2.45, 2.75) is 19.8 Å². The number of ether oxygens (including phenoxy) is 2. The topological polar surface area (TPSA) is 98.0 Å². The van der Waals surface area contributed by atoms with Crippen molar-refractivity contribution in [2.24, 2.45) is 0 Å². The number of aromatic nitrogens is 2. The second-order valence-electron chi connectivity index (χ2n) is 6.31. The van der Waals surface area contributed by atoms with Gasteiger partial charge in [-0.3, -0.25) is 4.79 Å². The van der Waals surface area contributed by atoms with E-state index >= 15 is 0 Å². The molecule has 0 aliphatic carbocycles. The zero-order valence-corrected chi connectivity index (χ0v) is 16.1. The Bertz CT molecular complexity index is 797. The van der Waals surface area contributed by atoms with Crippen molar-refractivity contribution in [2.75, 3.05) is 39.9 Å². The minimum Gasteiger partial charge on any atom is -0.497 e. The summed E-state index contributed by atoms with van der Waals surface area (Å²) >= 11 is 0. The van der Waals surface area contributed by atoms with Crippen molar-refractivity contribution >= 4 is 12.0 Å². The van der Waals surface area contributed by atoms with E-state index in [-0.39, 0.29) is 18.4 Å². The maximum absolute atomic E-state index is 12.4. The van der Waals surface area contributed by atoms with E-state index in [4.69, 9.17) is 14.0 Å². The van der Waals surface area contributed by atoms with Gasteiger partial charge in [0, 0.05) is 44.6 Å². The molecule has 0 N–H and O–H groups in total. The molecule has 2 aromatic rings. The Morgan fingerprint density at radius 1 is 1.11 bits per heavy atom. The minimum atomic E-state index is -0.327. The highest BCUT2D eigenvalue weighted by molar-refractivity contribution is 5.77. The summed E-state index contributed by atoms with van der Waals surface area (Å²) in [6.07, 6.45) is 0.329. The van der Waals surface area contributed by atoms with Gasteiger partial charge in [-0.05, 0) is 31.2 Å². The lowest BCUT2D eigenvalue weighted by Gasteiger charge is -2.34. The molecule has 0 bridgehead atoms. The van der Waals surface area contributed by atoms with Gasteiger partial charge in [-0.2, -0.15) is 4.98 Å². The number of hydrogen-bond acceptors (Lipinski definition) is 7. The van der Waals surface area contributed by atoms with Crippen molar-refractivity contribution < 1.29 is 23.6 Å². The smallest absolute Gasteiger partial charge is 0.409 e. The van der Waals surface area contributed by atoms with Crippen LogP contribution in [0.1, 0.15) is 19.2 Å². The summed E-state index contributed by atoms with van der Waals surface area (Å²) in [7, 11) is 1.61. The van der Waals surface area contributed by atoms with Gasteiger partial charge in [-0.25, -0.2) is 4.79 Å². The molecular weight excluding hydrogens is 364 g/mol. The first-order valence-corrected chi connectivity index (χ1v) is 9.27. The van der Waals surface area contributed by atoms with Crippen LogP contribution in [0.25, 0.3) is 11.4 Å². The van der Waals surface area contributed by atoms with Gasteiger partial charge in [0.05, 0.1) is 13.7 Å². The van der Waals surface area contributed by atoms with Crippen molar-refractivity contribution in [1.82, 2.24) is 19.9 Å². The summed E-state index contributed by atoms with van der Waals surface area (Å²) in [4.78, 5) is 31.8. The van der Waals surface area contributed by atoms with E-state index in [0.717, 1.165) is 11.3 Å². The molecule has 1 aliphatic rings.